The van der Waals surface area contributed by atoms with Crippen LogP contribution in [0.4, 0.5) is 0 Å². The smallest absolute Gasteiger partial charge is 0.0245 e. The van der Waals surface area contributed by atoms with E-state index >= 15 is 0 Å². The lowest BCUT2D eigenvalue weighted by Crippen LogP contribution is -2.25. The standard InChI is InChI=1S/C24H34.C23H32/c1-3-5-19-7-11-21(12-8-19)23-15-17-24(18-16-23)22-13-9-20(6-4-2)10-14-22;1-3-5-19-8-12-21(13-9-19)23-16-14-22(15-17-23)20-10-6-18(4-2)7-11-20/h9-10,13-14,19,21,23-24H,3,5,7-8,11-12,15-18H2,1-2H3;2,6-7,10-11,19,21-23H,3,5,8-9,12-17H2,1H3. The second-order valence-electron chi connectivity index (χ2n) is 16.1. The lowest BCUT2D eigenvalue weighted by atomic mass is 9.68. The van der Waals surface area contributed by atoms with E-state index in [0.29, 0.717) is 0 Å². The number of terminal acetylenes is 1. The average Bonchev–Trinajstić information content (AvgIpc) is 3.14. The first-order valence-electron chi connectivity index (χ1n) is 20.2. The molecule has 0 atom stereocenters. The van der Waals surface area contributed by atoms with Crippen LogP contribution in [0, 0.1) is 59.7 Å². The van der Waals surface area contributed by atoms with Gasteiger partial charge in [0.05, 0.1) is 0 Å². The molecule has 0 spiro atoms. The van der Waals surface area contributed by atoms with Crippen LogP contribution in [-0.2, 0) is 0 Å². The largest absolute Gasteiger partial charge is 0.115 e. The summed E-state index contributed by atoms with van der Waals surface area (Å²) in [6.45, 7) is 6.59. The Kier molecular flexibility index (Phi) is 14.4. The summed E-state index contributed by atoms with van der Waals surface area (Å²) in [5.74, 6) is 16.6. The Morgan fingerprint density at radius 1 is 0.489 bits per heavy atom. The molecule has 4 aliphatic rings. The molecule has 0 saturated heterocycles. The summed E-state index contributed by atoms with van der Waals surface area (Å²) < 4.78 is 0. The van der Waals surface area contributed by atoms with Crippen LogP contribution >= 0.6 is 0 Å². The molecule has 254 valence electrons. The highest BCUT2D eigenvalue weighted by Gasteiger charge is 2.32. The Hall–Kier alpha value is -2.44. The lowest BCUT2D eigenvalue weighted by molar-refractivity contribution is 0.156. The number of benzene rings is 2. The van der Waals surface area contributed by atoms with Crippen LogP contribution in [-0.4, -0.2) is 0 Å². The zero-order valence-corrected chi connectivity index (χ0v) is 30.5. The second kappa shape index (κ2) is 18.9. The van der Waals surface area contributed by atoms with E-state index in [1.165, 1.54) is 134 Å². The van der Waals surface area contributed by atoms with E-state index in [-0.39, 0.29) is 0 Å². The van der Waals surface area contributed by atoms with Crippen molar-refractivity contribution in [3.63, 3.8) is 0 Å². The topological polar surface area (TPSA) is 0 Å². The molecule has 4 fully saturated rings. The fourth-order valence-electron chi connectivity index (χ4n) is 10.4. The van der Waals surface area contributed by atoms with Gasteiger partial charge in [0.2, 0.25) is 0 Å². The van der Waals surface area contributed by atoms with E-state index in [4.69, 9.17) is 6.42 Å². The number of hydrogen-bond donors (Lipinski definition) is 0. The minimum Gasteiger partial charge on any atom is -0.115 e. The van der Waals surface area contributed by atoms with Gasteiger partial charge in [-0.05, 0) is 167 Å². The van der Waals surface area contributed by atoms with Crippen molar-refractivity contribution in [2.45, 2.75) is 161 Å². The van der Waals surface area contributed by atoms with Gasteiger partial charge >= 0.3 is 0 Å². The van der Waals surface area contributed by atoms with E-state index in [1.807, 2.05) is 6.92 Å². The molecule has 0 N–H and O–H groups in total. The van der Waals surface area contributed by atoms with Gasteiger partial charge in [0, 0.05) is 11.1 Å². The summed E-state index contributed by atoms with van der Waals surface area (Å²) in [7, 11) is 0. The summed E-state index contributed by atoms with van der Waals surface area (Å²) in [5.41, 5.74) is 5.21. The molecule has 0 bridgehead atoms. The average molecular weight is 631 g/mol. The Morgan fingerprint density at radius 2 is 0.830 bits per heavy atom. The van der Waals surface area contributed by atoms with Crippen molar-refractivity contribution in [3.8, 4) is 24.2 Å². The monoisotopic (exact) mass is 631 g/mol. The van der Waals surface area contributed by atoms with Gasteiger partial charge in [-0.2, -0.15) is 0 Å². The van der Waals surface area contributed by atoms with Gasteiger partial charge in [-0.15, -0.1) is 12.3 Å². The van der Waals surface area contributed by atoms with Gasteiger partial charge in [0.15, 0.2) is 0 Å². The van der Waals surface area contributed by atoms with Crippen LogP contribution in [0.2, 0.25) is 0 Å². The second-order valence-corrected chi connectivity index (χ2v) is 16.1. The Balaban J connectivity index is 0.000000185. The molecular weight excluding hydrogens is 565 g/mol. The molecule has 0 amide bonds. The van der Waals surface area contributed by atoms with E-state index in [2.05, 4.69) is 80.1 Å². The normalized spacial score (nSPS) is 30.9. The van der Waals surface area contributed by atoms with Crippen LogP contribution in [0.1, 0.15) is 183 Å². The maximum Gasteiger partial charge on any atom is 0.0245 e. The summed E-state index contributed by atoms with van der Waals surface area (Å²) >= 11 is 0. The molecule has 0 nitrogen and oxygen atoms in total. The summed E-state index contributed by atoms with van der Waals surface area (Å²) in [4.78, 5) is 0. The van der Waals surface area contributed by atoms with Gasteiger partial charge in [-0.3, -0.25) is 0 Å². The third-order valence-electron chi connectivity index (χ3n) is 13.3. The third kappa shape index (κ3) is 10.5. The zero-order valence-electron chi connectivity index (χ0n) is 30.5. The molecule has 0 heteroatoms. The first-order chi connectivity index (χ1) is 23.1. The number of rotatable bonds is 8. The quantitative estimate of drug-likeness (QED) is 0.255. The molecule has 0 heterocycles. The van der Waals surface area contributed by atoms with Crippen LogP contribution in [0.5, 0.6) is 0 Å². The van der Waals surface area contributed by atoms with Gasteiger partial charge < -0.3 is 0 Å². The zero-order chi connectivity index (χ0) is 32.8. The maximum atomic E-state index is 5.46. The predicted octanol–water partition coefficient (Wildman–Crippen LogP) is 13.5. The van der Waals surface area contributed by atoms with E-state index in [0.717, 1.165) is 58.5 Å². The number of hydrogen-bond acceptors (Lipinski definition) is 0. The van der Waals surface area contributed by atoms with Crippen molar-refractivity contribution in [1.29, 1.82) is 0 Å². The van der Waals surface area contributed by atoms with Crippen LogP contribution in [0.3, 0.4) is 0 Å². The maximum absolute atomic E-state index is 5.46. The molecule has 4 saturated carbocycles. The Labute approximate surface area is 290 Å². The van der Waals surface area contributed by atoms with Gasteiger partial charge in [-0.1, -0.05) is 101 Å². The van der Waals surface area contributed by atoms with Crippen molar-refractivity contribution in [2.24, 2.45) is 35.5 Å². The van der Waals surface area contributed by atoms with Crippen LogP contribution < -0.4 is 0 Å². The Bertz CT molecular complexity index is 1250. The first kappa shape index (κ1) is 35.9. The molecule has 4 aliphatic carbocycles. The van der Waals surface area contributed by atoms with Gasteiger partial charge in [0.1, 0.15) is 0 Å². The van der Waals surface area contributed by atoms with Crippen molar-refractivity contribution in [1.82, 2.24) is 0 Å². The van der Waals surface area contributed by atoms with Crippen molar-refractivity contribution in [3.05, 3.63) is 70.8 Å². The van der Waals surface area contributed by atoms with E-state index in [1.54, 1.807) is 5.56 Å². The molecule has 0 aromatic heterocycles. The predicted molar refractivity (Wildman–Crippen MR) is 203 cm³/mol. The lowest BCUT2D eigenvalue weighted by Gasteiger charge is -2.38. The molecule has 2 aromatic carbocycles. The Morgan fingerprint density at radius 3 is 1.15 bits per heavy atom. The molecule has 0 unspecified atom stereocenters. The van der Waals surface area contributed by atoms with Crippen LogP contribution in [0.25, 0.3) is 0 Å². The minimum atomic E-state index is 0.773. The van der Waals surface area contributed by atoms with Gasteiger partial charge in [-0.25, -0.2) is 0 Å². The fourth-order valence-corrected chi connectivity index (χ4v) is 10.4. The highest BCUT2D eigenvalue weighted by molar-refractivity contribution is 5.37. The third-order valence-corrected chi connectivity index (χ3v) is 13.3. The van der Waals surface area contributed by atoms with Gasteiger partial charge in [0.25, 0.3) is 0 Å². The van der Waals surface area contributed by atoms with E-state index < -0.39 is 0 Å². The fraction of sp³-hybridized carbons (Fsp3) is 0.660. The molecular formula is C47H66. The summed E-state index contributed by atoms with van der Waals surface area (Å²) in [6, 6.07) is 17.8. The molecule has 2 aromatic rings. The first-order valence-corrected chi connectivity index (χ1v) is 20.2. The van der Waals surface area contributed by atoms with Crippen molar-refractivity contribution >= 4 is 0 Å². The van der Waals surface area contributed by atoms with Crippen LogP contribution in [0.15, 0.2) is 48.5 Å². The summed E-state index contributed by atoms with van der Waals surface area (Å²) in [5, 5.41) is 0. The SMILES string of the molecule is C#Cc1ccc(C2CCC(C3CCC(CCC)CC3)CC2)cc1.CC#Cc1ccc(C2CCC(C3CCC(CCC)CC3)CC2)cc1. The molecule has 47 heavy (non-hydrogen) atoms. The van der Waals surface area contributed by atoms with E-state index in [9.17, 15) is 0 Å². The highest BCUT2D eigenvalue weighted by Crippen LogP contribution is 2.46. The highest BCUT2D eigenvalue weighted by atomic mass is 14.4. The summed E-state index contributed by atoms with van der Waals surface area (Å²) in [6.07, 6.45) is 34.6. The molecule has 6 rings (SSSR count). The van der Waals surface area contributed by atoms with Crippen molar-refractivity contribution in [2.75, 3.05) is 0 Å². The minimum absolute atomic E-state index is 0.773. The van der Waals surface area contributed by atoms with Crippen molar-refractivity contribution < 1.29 is 0 Å². The molecule has 0 aliphatic heterocycles. The molecule has 0 radical (unpaired) electrons.